The van der Waals surface area contributed by atoms with E-state index in [1.54, 1.807) is 0 Å². The minimum absolute atomic E-state index is 0.0557. The molecule has 4 nitrogen and oxygen atoms in total. The van der Waals surface area contributed by atoms with Gasteiger partial charge in [-0.1, -0.05) is 6.42 Å². The number of benzene rings is 1. The zero-order valence-corrected chi connectivity index (χ0v) is 13.0. The molecule has 1 saturated heterocycles. The van der Waals surface area contributed by atoms with E-state index >= 15 is 0 Å². The highest BCUT2D eigenvalue weighted by Crippen LogP contribution is 2.24. The molecule has 3 rings (SSSR count). The summed E-state index contributed by atoms with van der Waals surface area (Å²) in [6.07, 6.45) is 7.32. The molecule has 4 heteroatoms. The van der Waals surface area contributed by atoms with Gasteiger partial charge in [0.05, 0.1) is 6.10 Å². The third kappa shape index (κ3) is 3.61. The highest BCUT2D eigenvalue weighted by molar-refractivity contribution is 5.94. The maximum Gasteiger partial charge on any atom is 0.253 e. The van der Waals surface area contributed by atoms with Crippen molar-refractivity contribution in [3.05, 3.63) is 29.8 Å². The summed E-state index contributed by atoms with van der Waals surface area (Å²) in [4.78, 5) is 14.2. The molecule has 1 aliphatic carbocycles. The molecule has 1 N–H and O–H groups in total. The maximum atomic E-state index is 12.4. The molecule has 1 saturated carbocycles. The fraction of sp³-hybridized carbons (Fsp3) is 0.611. The molecule has 120 valence electrons. The summed E-state index contributed by atoms with van der Waals surface area (Å²) in [5.74, 6) is 1.15. The number of carbonyl (C=O) groups is 1. The Balaban J connectivity index is 1.57. The van der Waals surface area contributed by atoms with Crippen LogP contribution >= 0.6 is 0 Å². The summed E-state index contributed by atoms with van der Waals surface area (Å²) >= 11 is 0. The number of amides is 1. The Morgan fingerprint density at radius 3 is 2.50 bits per heavy atom. The first kappa shape index (κ1) is 15.3. The van der Waals surface area contributed by atoms with Crippen LogP contribution in [0.1, 0.15) is 48.9 Å². The molecule has 0 bridgehead atoms. The zero-order valence-electron chi connectivity index (χ0n) is 13.0. The van der Waals surface area contributed by atoms with Crippen LogP contribution < -0.4 is 4.74 Å². The van der Waals surface area contributed by atoms with Crippen LogP contribution in [0, 0.1) is 5.92 Å². The van der Waals surface area contributed by atoms with Gasteiger partial charge in [-0.05, 0) is 56.4 Å². The smallest absolute Gasteiger partial charge is 0.253 e. The Morgan fingerprint density at radius 1 is 1.14 bits per heavy atom. The first-order valence-corrected chi connectivity index (χ1v) is 8.43. The van der Waals surface area contributed by atoms with E-state index in [9.17, 15) is 9.90 Å². The number of hydrogen-bond donors (Lipinski definition) is 1. The summed E-state index contributed by atoms with van der Waals surface area (Å²) in [7, 11) is 0. The van der Waals surface area contributed by atoms with Crippen LogP contribution in [0.4, 0.5) is 0 Å². The molecular formula is C18H25NO3. The van der Waals surface area contributed by atoms with Crippen LogP contribution in [0.15, 0.2) is 24.3 Å². The number of likely N-dealkylation sites (tertiary alicyclic amines) is 1. The molecule has 2 aliphatic rings. The normalized spacial score (nSPS) is 22.8. The predicted molar refractivity (Wildman–Crippen MR) is 85.0 cm³/mol. The van der Waals surface area contributed by atoms with E-state index in [1.165, 1.54) is 19.3 Å². The van der Waals surface area contributed by atoms with Gasteiger partial charge in [0, 0.05) is 31.2 Å². The molecule has 22 heavy (non-hydrogen) atoms. The number of carbonyl (C=O) groups excluding carboxylic acids is 1. The van der Waals surface area contributed by atoms with E-state index in [-0.39, 0.29) is 18.4 Å². The van der Waals surface area contributed by atoms with Crippen molar-refractivity contribution in [2.45, 2.75) is 44.6 Å². The van der Waals surface area contributed by atoms with Crippen molar-refractivity contribution in [3.63, 3.8) is 0 Å². The molecule has 1 aromatic rings. The quantitative estimate of drug-likeness (QED) is 0.930. The molecule has 1 aromatic carbocycles. The van der Waals surface area contributed by atoms with E-state index in [0.717, 1.165) is 31.6 Å². The Bertz CT molecular complexity index is 494. The van der Waals surface area contributed by atoms with Gasteiger partial charge in [0.25, 0.3) is 5.91 Å². The van der Waals surface area contributed by atoms with Gasteiger partial charge in [-0.2, -0.15) is 0 Å². The summed E-state index contributed by atoms with van der Waals surface area (Å²) in [5, 5.41) is 9.17. The van der Waals surface area contributed by atoms with E-state index in [4.69, 9.17) is 4.74 Å². The molecule has 0 spiro atoms. The fourth-order valence-electron chi connectivity index (χ4n) is 3.40. The van der Waals surface area contributed by atoms with Gasteiger partial charge >= 0.3 is 0 Å². The first-order valence-electron chi connectivity index (χ1n) is 8.43. The highest BCUT2D eigenvalue weighted by Gasteiger charge is 2.26. The van der Waals surface area contributed by atoms with Gasteiger partial charge in [0.15, 0.2) is 0 Å². The van der Waals surface area contributed by atoms with E-state index in [0.29, 0.717) is 18.2 Å². The molecule has 0 aromatic heterocycles. The van der Waals surface area contributed by atoms with Crippen molar-refractivity contribution in [1.82, 2.24) is 4.90 Å². The number of ether oxygens (including phenoxy) is 1. The first-order chi connectivity index (χ1) is 10.8. The molecule has 1 atom stereocenters. The minimum Gasteiger partial charge on any atom is -0.490 e. The molecule has 0 radical (unpaired) electrons. The molecular weight excluding hydrogens is 278 g/mol. The van der Waals surface area contributed by atoms with Gasteiger partial charge < -0.3 is 14.7 Å². The zero-order chi connectivity index (χ0) is 15.4. The fourth-order valence-corrected chi connectivity index (χ4v) is 3.40. The van der Waals surface area contributed by atoms with Crippen molar-refractivity contribution >= 4 is 5.91 Å². The lowest BCUT2D eigenvalue weighted by molar-refractivity contribution is 0.0782. The lowest BCUT2D eigenvalue weighted by atomic mass is 9.98. The Morgan fingerprint density at radius 2 is 1.86 bits per heavy atom. The van der Waals surface area contributed by atoms with E-state index in [2.05, 4.69) is 0 Å². The summed E-state index contributed by atoms with van der Waals surface area (Å²) in [5.41, 5.74) is 0.703. The third-order valence-electron chi connectivity index (χ3n) is 4.79. The van der Waals surface area contributed by atoms with Crippen LogP contribution in [-0.2, 0) is 0 Å². The molecule has 1 aliphatic heterocycles. The second-order valence-corrected chi connectivity index (χ2v) is 6.49. The highest BCUT2D eigenvalue weighted by atomic mass is 16.5. The number of rotatable bonds is 4. The van der Waals surface area contributed by atoms with Gasteiger partial charge in [-0.3, -0.25) is 4.79 Å². The second kappa shape index (κ2) is 7.14. The average molecular weight is 303 g/mol. The van der Waals surface area contributed by atoms with E-state index < -0.39 is 0 Å². The third-order valence-corrected chi connectivity index (χ3v) is 4.79. The summed E-state index contributed by atoms with van der Waals surface area (Å²) in [6, 6.07) is 7.52. The van der Waals surface area contributed by atoms with Crippen molar-refractivity contribution in [1.29, 1.82) is 0 Å². The van der Waals surface area contributed by atoms with Crippen molar-refractivity contribution < 1.29 is 14.6 Å². The average Bonchev–Trinajstić information content (AvgIpc) is 3.05. The second-order valence-electron chi connectivity index (χ2n) is 6.49. The Hall–Kier alpha value is -1.55. The Kier molecular flexibility index (Phi) is 4.98. The molecule has 2 fully saturated rings. The lowest BCUT2D eigenvalue weighted by Crippen LogP contribution is -2.29. The number of nitrogens with zero attached hydrogens (tertiary/aromatic N) is 1. The molecule has 1 amide bonds. The van der Waals surface area contributed by atoms with Gasteiger partial charge in [-0.25, -0.2) is 0 Å². The standard InChI is InChI=1S/C18H25NO3/c20-13-14-10-11-19(12-14)18(21)15-6-8-17(9-7-15)22-16-4-2-1-3-5-16/h6-9,14,16,20H,1-5,10-13H2. The summed E-state index contributed by atoms with van der Waals surface area (Å²) < 4.78 is 5.99. The van der Waals surface area contributed by atoms with E-state index in [1.807, 2.05) is 29.2 Å². The molecule has 1 unspecified atom stereocenters. The van der Waals surface area contributed by atoms with Gasteiger partial charge in [0.2, 0.25) is 0 Å². The van der Waals surface area contributed by atoms with Gasteiger partial charge in [0.1, 0.15) is 5.75 Å². The topological polar surface area (TPSA) is 49.8 Å². The van der Waals surface area contributed by atoms with Crippen LogP contribution in [0.3, 0.4) is 0 Å². The van der Waals surface area contributed by atoms with Crippen molar-refractivity contribution in [3.8, 4) is 5.75 Å². The van der Waals surface area contributed by atoms with Crippen molar-refractivity contribution in [2.24, 2.45) is 5.92 Å². The van der Waals surface area contributed by atoms with Crippen LogP contribution in [0.5, 0.6) is 5.75 Å². The van der Waals surface area contributed by atoms with Crippen LogP contribution in [0.2, 0.25) is 0 Å². The van der Waals surface area contributed by atoms with Crippen molar-refractivity contribution in [2.75, 3.05) is 19.7 Å². The maximum absolute atomic E-state index is 12.4. The predicted octanol–water partition coefficient (Wildman–Crippen LogP) is 2.85. The lowest BCUT2D eigenvalue weighted by Gasteiger charge is -2.23. The largest absolute Gasteiger partial charge is 0.490 e. The van der Waals surface area contributed by atoms with Gasteiger partial charge in [-0.15, -0.1) is 0 Å². The Labute approximate surface area is 132 Å². The number of aliphatic hydroxyl groups is 1. The van der Waals surface area contributed by atoms with Crippen LogP contribution in [-0.4, -0.2) is 41.7 Å². The molecule has 1 heterocycles. The number of aliphatic hydroxyl groups excluding tert-OH is 1. The monoisotopic (exact) mass is 303 g/mol. The SMILES string of the molecule is O=C(c1ccc(OC2CCCCC2)cc1)N1CCC(CO)C1. The number of hydrogen-bond acceptors (Lipinski definition) is 3. The minimum atomic E-state index is 0.0557. The van der Waals surface area contributed by atoms with Crippen LogP contribution in [0.25, 0.3) is 0 Å². The summed E-state index contributed by atoms with van der Waals surface area (Å²) in [6.45, 7) is 1.57.